The number of urea groups is 1. The molecule has 1 aromatic carbocycles. The van der Waals surface area contributed by atoms with Gasteiger partial charge in [0, 0.05) is 19.0 Å². The van der Waals surface area contributed by atoms with Gasteiger partial charge < -0.3 is 15.3 Å². The molecule has 0 aromatic heterocycles. The molecule has 1 aliphatic heterocycles. The predicted octanol–water partition coefficient (Wildman–Crippen LogP) is 2.44. The summed E-state index contributed by atoms with van der Waals surface area (Å²) in [5.74, 6) is -0.629. The summed E-state index contributed by atoms with van der Waals surface area (Å²) in [6.45, 7) is 3.22. The molecular weight excluding hydrogens is 268 g/mol. The standard InChI is InChI=1S/C16H22N2O3/c1-2-6-14(15(19)20)17-16(21)18-10-9-13(11-18)12-7-4-3-5-8-12/h3-5,7-8,13-14H,2,6,9-11H2,1H3,(H,17,21)(H,19,20)/t13?,14-/m0/s1. The lowest BCUT2D eigenvalue weighted by molar-refractivity contribution is -0.139. The van der Waals surface area contributed by atoms with E-state index in [9.17, 15) is 9.59 Å². The molecular formula is C16H22N2O3. The van der Waals surface area contributed by atoms with Crippen molar-refractivity contribution in [2.75, 3.05) is 13.1 Å². The van der Waals surface area contributed by atoms with Gasteiger partial charge in [0.1, 0.15) is 6.04 Å². The third kappa shape index (κ3) is 3.97. The average molecular weight is 290 g/mol. The van der Waals surface area contributed by atoms with Crippen molar-refractivity contribution in [2.45, 2.75) is 38.1 Å². The van der Waals surface area contributed by atoms with E-state index in [2.05, 4.69) is 17.4 Å². The van der Waals surface area contributed by atoms with Crippen LogP contribution in [-0.4, -0.2) is 41.1 Å². The fraction of sp³-hybridized carbons (Fsp3) is 0.500. The summed E-state index contributed by atoms with van der Waals surface area (Å²) < 4.78 is 0. The number of carboxylic acid groups (broad SMARTS) is 1. The second-order valence-corrected chi connectivity index (χ2v) is 5.47. The van der Waals surface area contributed by atoms with Crippen LogP contribution in [0.15, 0.2) is 30.3 Å². The van der Waals surface area contributed by atoms with Crippen LogP contribution in [0.4, 0.5) is 4.79 Å². The summed E-state index contributed by atoms with van der Waals surface area (Å²) in [5.41, 5.74) is 1.23. The first-order chi connectivity index (χ1) is 10.1. The van der Waals surface area contributed by atoms with Crippen molar-refractivity contribution in [3.8, 4) is 0 Å². The van der Waals surface area contributed by atoms with Crippen LogP contribution in [-0.2, 0) is 4.79 Å². The van der Waals surface area contributed by atoms with Crippen LogP contribution in [0.25, 0.3) is 0 Å². The zero-order valence-corrected chi connectivity index (χ0v) is 12.3. The molecule has 1 heterocycles. The molecule has 5 heteroatoms. The minimum Gasteiger partial charge on any atom is -0.480 e. The number of carboxylic acids is 1. The Balaban J connectivity index is 1.91. The molecule has 114 valence electrons. The van der Waals surface area contributed by atoms with E-state index in [1.165, 1.54) is 5.56 Å². The van der Waals surface area contributed by atoms with Gasteiger partial charge >= 0.3 is 12.0 Å². The van der Waals surface area contributed by atoms with Gasteiger partial charge in [0.05, 0.1) is 0 Å². The highest BCUT2D eigenvalue weighted by molar-refractivity contribution is 5.82. The Labute approximate surface area is 125 Å². The van der Waals surface area contributed by atoms with E-state index in [1.54, 1.807) is 4.90 Å². The van der Waals surface area contributed by atoms with E-state index < -0.39 is 12.0 Å². The maximum absolute atomic E-state index is 12.2. The van der Waals surface area contributed by atoms with E-state index in [-0.39, 0.29) is 6.03 Å². The lowest BCUT2D eigenvalue weighted by atomic mass is 9.99. The summed E-state index contributed by atoms with van der Waals surface area (Å²) in [6, 6.07) is 9.06. The lowest BCUT2D eigenvalue weighted by Crippen LogP contribution is -2.47. The van der Waals surface area contributed by atoms with Gasteiger partial charge in [-0.2, -0.15) is 0 Å². The molecule has 2 amide bonds. The number of likely N-dealkylation sites (tertiary alicyclic amines) is 1. The number of nitrogens with one attached hydrogen (secondary N) is 1. The zero-order chi connectivity index (χ0) is 15.2. The number of nitrogens with zero attached hydrogens (tertiary/aromatic N) is 1. The number of aliphatic carboxylic acids is 1. The SMILES string of the molecule is CCC[C@H](NC(=O)N1CCC(c2ccccc2)C1)C(=O)O. The van der Waals surface area contributed by atoms with Gasteiger partial charge in [-0.25, -0.2) is 9.59 Å². The molecule has 1 unspecified atom stereocenters. The molecule has 1 aliphatic rings. The average Bonchev–Trinajstić information content (AvgIpc) is 2.97. The second kappa shape index (κ2) is 7.11. The van der Waals surface area contributed by atoms with Crippen molar-refractivity contribution >= 4 is 12.0 Å². The summed E-state index contributed by atoms with van der Waals surface area (Å²) in [6.07, 6.45) is 2.10. The van der Waals surface area contributed by atoms with Crippen molar-refractivity contribution < 1.29 is 14.7 Å². The van der Waals surface area contributed by atoms with Crippen molar-refractivity contribution in [3.63, 3.8) is 0 Å². The Morgan fingerprint density at radius 2 is 2.10 bits per heavy atom. The maximum Gasteiger partial charge on any atom is 0.326 e. The largest absolute Gasteiger partial charge is 0.480 e. The van der Waals surface area contributed by atoms with Crippen molar-refractivity contribution in [2.24, 2.45) is 0 Å². The molecule has 2 rings (SSSR count). The molecule has 5 nitrogen and oxygen atoms in total. The van der Waals surface area contributed by atoms with Crippen LogP contribution in [0, 0.1) is 0 Å². The number of hydrogen-bond donors (Lipinski definition) is 2. The molecule has 0 radical (unpaired) electrons. The van der Waals surface area contributed by atoms with Crippen molar-refractivity contribution in [3.05, 3.63) is 35.9 Å². The molecule has 0 bridgehead atoms. The van der Waals surface area contributed by atoms with Crippen LogP contribution in [0.3, 0.4) is 0 Å². The van der Waals surface area contributed by atoms with Gasteiger partial charge in [0.15, 0.2) is 0 Å². The summed E-state index contributed by atoms with van der Waals surface area (Å²) in [7, 11) is 0. The number of carbonyl (C=O) groups excluding carboxylic acids is 1. The highest BCUT2D eigenvalue weighted by Gasteiger charge is 2.29. The number of rotatable bonds is 5. The summed E-state index contributed by atoms with van der Waals surface area (Å²) >= 11 is 0. The van der Waals surface area contributed by atoms with E-state index in [4.69, 9.17) is 5.11 Å². The number of amides is 2. The molecule has 1 saturated heterocycles. The molecule has 2 N–H and O–H groups in total. The van der Waals surface area contributed by atoms with Crippen LogP contribution >= 0.6 is 0 Å². The molecule has 0 saturated carbocycles. The van der Waals surface area contributed by atoms with Gasteiger partial charge in [-0.05, 0) is 18.4 Å². The van der Waals surface area contributed by atoms with Crippen LogP contribution in [0.5, 0.6) is 0 Å². The Hall–Kier alpha value is -2.04. The van der Waals surface area contributed by atoms with Gasteiger partial charge in [-0.1, -0.05) is 43.7 Å². The molecule has 1 fully saturated rings. The van der Waals surface area contributed by atoms with Gasteiger partial charge in [-0.15, -0.1) is 0 Å². The lowest BCUT2D eigenvalue weighted by Gasteiger charge is -2.21. The van der Waals surface area contributed by atoms with E-state index in [1.807, 2.05) is 25.1 Å². The Kier molecular flexibility index (Phi) is 5.20. The zero-order valence-electron chi connectivity index (χ0n) is 12.3. The first-order valence-electron chi connectivity index (χ1n) is 7.45. The fourth-order valence-electron chi connectivity index (χ4n) is 2.73. The number of hydrogen-bond acceptors (Lipinski definition) is 2. The van der Waals surface area contributed by atoms with Crippen molar-refractivity contribution in [1.29, 1.82) is 0 Å². The molecule has 2 atom stereocenters. The van der Waals surface area contributed by atoms with E-state index >= 15 is 0 Å². The van der Waals surface area contributed by atoms with Gasteiger partial charge in [0.25, 0.3) is 0 Å². The monoisotopic (exact) mass is 290 g/mol. The topological polar surface area (TPSA) is 69.6 Å². The van der Waals surface area contributed by atoms with Crippen LogP contribution in [0.1, 0.15) is 37.7 Å². The Morgan fingerprint density at radius 3 is 2.71 bits per heavy atom. The Bertz CT molecular complexity index is 490. The maximum atomic E-state index is 12.2. The van der Waals surface area contributed by atoms with E-state index in [0.29, 0.717) is 25.4 Å². The number of benzene rings is 1. The second-order valence-electron chi connectivity index (χ2n) is 5.47. The van der Waals surface area contributed by atoms with Crippen LogP contribution < -0.4 is 5.32 Å². The van der Waals surface area contributed by atoms with Crippen molar-refractivity contribution in [1.82, 2.24) is 10.2 Å². The normalized spacial score (nSPS) is 19.3. The minimum absolute atomic E-state index is 0.269. The summed E-state index contributed by atoms with van der Waals surface area (Å²) in [5, 5.41) is 11.7. The van der Waals surface area contributed by atoms with E-state index in [0.717, 1.165) is 12.8 Å². The molecule has 0 aliphatic carbocycles. The molecule has 0 spiro atoms. The van der Waals surface area contributed by atoms with Gasteiger partial charge in [-0.3, -0.25) is 0 Å². The fourth-order valence-corrected chi connectivity index (χ4v) is 2.73. The molecule has 1 aromatic rings. The highest BCUT2D eigenvalue weighted by Crippen LogP contribution is 2.26. The first-order valence-corrected chi connectivity index (χ1v) is 7.45. The number of carbonyl (C=O) groups is 2. The quantitative estimate of drug-likeness (QED) is 0.875. The third-order valence-corrected chi connectivity index (χ3v) is 3.92. The predicted molar refractivity (Wildman–Crippen MR) is 80.2 cm³/mol. The molecule has 21 heavy (non-hydrogen) atoms. The highest BCUT2D eigenvalue weighted by atomic mass is 16.4. The third-order valence-electron chi connectivity index (χ3n) is 3.92. The smallest absolute Gasteiger partial charge is 0.326 e. The minimum atomic E-state index is -0.969. The summed E-state index contributed by atoms with van der Waals surface area (Å²) in [4.78, 5) is 25.0. The van der Waals surface area contributed by atoms with Gasteiger partial charge in [0.2, 0.25) is 0 Å². The Morgan fingerprint density at radius 1 is 1.38 bits per heavy atom. The van der Waals surface area contributed by atoms with Crippen LogP contribution in [0.2, 0.25) is 0 Å². The first kappa shape index (κ1) is 15.4.